The summed E-state index contributed by atoms with van der Waals surface area (Å²) >= 11 is 0. The summed E-state index contributed by atoms with van der Waals surface area (Å²) in [7, 11) is 0. The molecule has 0 saturated heterocycles. The molecule has 1 aliphatic carbocycles. The standard InChI is InChI=1S/C17H28O5/c1-10(2)15-7-6-11(3)8-14(21-13(5)18)9-12(4)17(22-20)16(15)19/h8,10,14-17,19-20H,4,6-7,9H2,1-3,5H3/b11-8+/t14-,15-,16+,17+/m0/s1. The Labute approximate surface area is 132 Å². The van der Waals surface area contributed by atoms with E-state index in [0.29, 0.717) is 12.0 Å². The van der Waals surface area contributed by atoms with Crippen molar-refractivity contribution in [1.29, 1.82) is 0 Å². The molecule has 0 saturated carbocycles. The van der Waals surface area contributed by atoms with Crippen LogP contribution in [0.25, 0.3) is 0 Å². The second-order valence-corrected chi connectivity index (χ2v) is 6.49. The second-order valence-electron chi connectivity index (χ2n) is 6.49. The molecule has 0 aromatic heterocycles. The molecule has 0 unspecified atom stereocenters. The Bertz CT molecular complexity index is 427. The molecule has 22 heavy (non-hydrogen) atoms. The topological polar surface area (TPSA) is 76.0 Å². The fraction of sp³-hybridized carbons (Fsp3) is 0.706. The van der Waals surface area contributed by atoms with E-state index in [4.69, 9.17) is 4.74 Å². The number of ether oxygens (including phenoxy) is 1. The van der Waals surface area contributed by atoms with Crippen molar-refractivity contribution in [3.05, 3.63) is 23.8 Å². The molecule has 126 valence electrons. The zero-order valence-corrected chi connectivity index (χ0v) is 13.9. The number of rotatable bonds is 3. The molecule has 0 radical (unpaired) electrons. The second kappa shape index (κ2) is 8.46. The molecular formula is C17H28O5. The lowest BCUT2D eigenvalue weighted by atomic mass is 9.80. The largest absolute Gasteiger partial charge is 0.458 e. The number of hydrogen-bond donors (Lipinski definition) is 2. The van der Waals surface area contributed by atoms with Gasteiger partial charge in [-0.25, -0.2) is 4.89 Å². The quantitative estimate of drug-likeness (QED) is 0.362. The van der Waals surface area contributed by atoms with Crippen LogP contribution in [0.4, 0.5) is 0 Å². The normalized spacial score (nSPS) is 33.2. The molecule has 0 spiro atoms. The lowest BCUT2D eigenvalue weighted by Crippen LogP contribution is -2.40. The monoisotopic (exact) mass is 312 g/mol. The molecule has 1 aliphatic rings. The fourth-order valence-electron chi connectivity index (χ4n) is 3.02. The van der Waals surface area contributed by atoms with Crippen molar-refractivity contribution in [2.24, 2.45) is 11.8 Å². The smallest absolute Gasteiger partial charge is 0.303 e. The van der Waals surface area contributed by atoms with Gasteiger partial charge in [0.25, 0.3) is 0 Å². The summed E-state index contributed by atoms with van der Waals surface area (Å²) in [6.07, 6.45) is 1.60. The van der Waals surface area contributed by atoms with Crippen LogP contribution in [0.1, 0.15) is 47.0 Å². The minimum Gasteiger partial charge on any atom is -0.458 e. The van der Waals surface area contributed by atoms with Crippen LogP contribution < -0.4 is 0 Å². The van der Waals surface area contributed by atoms with E-state index in [2.05, 4.69) is 11.5 Å². The van der Waals surface area contributed by atoms with E-state index >= 15 is 0 Å². The van der Waals surface area contributed by atoms with Crippen LogP contribution in [0, 0.1) is 11.8 Å². The Balaban J connectivity index is 3.07. The number of allylic oxidation sites excluding steroid dienone is 1. The van der Waals surface area contributed by atoms with Crippen molar-refractivity contribution < 1.29 is 24.8 Å². The maximum Gasteiger partial charge on any atom is 0.303 e. The summed E-state index contributed by atoms with van der Waals surface area (Å²) in [6, 6.07) is 0. The first-order valence-electron chi connectivity index (χ1n) is 7.76. The minimum absolute atomic E-state index is 0.0116. The third-order valence-electron chi connectivity index (χ3n) is 4.24. The van der Waals surface area contributed by atoms with Crippen LogP contribution in [0.3, 0.4) is 0 Å². The number of hydrogen-bond acceptors (Lipinski definition) is 5. The molecule has 1 rings (SSSR count). The summed E-state index contributed by atoms with van der Waals surface area (Å²) in [5.41, 5.74) is 1.62. The molecule has 5 heteroatoms. The van der Waals surface area contributed by atoms with Crippen LogP contribution in [0.5, 0.6) is 0 Å². The van der Waals surface area contributed by atoms with Crippen molar-refractivity contribution >= 4 is 5.97 Å². The zero-order chi connectivity index (χ0) is 16.9. The van der Waals surface area contributed by atoms with Gasteiger partial charge >= 0.3 is 5.97 Å². The van der Waals surface area contributed by atoms with Gasteiger partial charge < -0.3 is 9.84 Å². The summed E-state index contributed by atoms with van der Waals surface area (Å²) in [5.74, 6) is -0.138. The van der Waals surface area contributed by atoms with E-state index in [1.807, 2.05) is 26.8 Å². The molecule has 0 aliphatic heterocycles. The molecule has 0 aromatic rings. The molecule has 5 nitrogen and oxygen atoms in total. The Morgan fingerprint density at radius 3 is 2.59 bits per heavy atom. The average Bonchev–Trinajstić information content (AvgIpc) is 2.37. The lowest BCUT2D eigenvalue weighted by molar-refractivity contribution is -0.292. The van der Waals surface area contributed by atoms with Gasteiger partial charge in [-0.15, -0.1) is 0 Å². The first-order valence-corrected chi connectivity index (χ1v) is 7.76. The minimum atomic E-state index is -0.878. The van der Waals surface area contributed by atoms with Gasteiger partial charge in [0.05, 0.1) is 6.10 Å². The molecular weight excluding hydrogens is 284 g/mol. The molecule has 0 amide bonds. The van der Waals surface area contributed by atoms with Crippen molar-refractivity contribution in [2.45, 2.75) is 65.3 Å². The highest BCUT2D eigenvalue weighted by molar-refractivity contribution is 5.66. The number of carbonyl (C=O) groups is 1. The third-order valence-corrected chi connectivity index (χ3v) is 4.24. The summed E-state index contributed by atoms with van der Waals surface area (Å²) in [5, 5.41) is 19.8. The summed E-state index contributed by atoms with van der Waals surface area (Å²) < 4.78 is 5.27. The van der Waals surface area contributed by atoms with Gasteiger partial charge in [0, 0.05) is 13.3 Å². The molecule has 4 atom stereocenters. The molecule has 0 aromatic carbocycles. The number of aliphatic hydroxyl groups excluding tert-OH is 1. The maximum absolute atomic E-state index is 11.2. The molecule has 0 heterocycles. The number of carbonyl (C=O) groups excluding carboxylic acids is 1. The van der Waals surface area contributed by atoms with Crippen LogP contribution in [-0.4, -0.2) is 34.6 Å². The highest BCUT2D eigenvalue weighted by Gasteiger charge is 2.34. The van der Waals surface area contributed by atoms with Gasteiger partial charge in [0.1, 0.15) is 12.2 Å². The highest BCUT2D eigenvalue weighted by atomic mass is 17.1. The van der Waals surface area contributed by atoms with Crippen molar-refractivity contribution in [3.63, 3.8) is 0 Å². The van der Waals surface area contributed by atoms with E-state index in [1.165, 1.54) is 6.92 Å². The predicted molar refractivity (Wildman–Crippen MR) is 84.1 cm³/mol. The van der Waals surface area contributed by atoms with E-state index in [9.17, 15) is 15.2 Å². The zero-order valence-electron chi connectivity index (χ0n) is 13.9. The summed E-state index contributed by atoms with van der Waals surface area (Å²) in [4.78, 5) is 15.7. The van der Waals surface area contributed by atoms with Gasteiger partial charge in [-0.05, 0) is 43.3 Å². The first-order chi connectivity index (χ1) is 10.3. The van der Waals surface area contributed by atoms with Crippen molar-refractivity contribution in [1.82, 2.24) is 0 Å². The van der Waals surface area contributed by atoms with Gasteiger partial charge in [-0.2, -0.15) is 0 Å². The van der Waals surface area contributed by atoms with Crippen molar-refractivity contribution in [2.75, 3.05) is 0 Å². The molecule has 0 bridgehead atoms. The van der Waals surface area contributed by atoms with E-state index < -0.39 is 18.3 Å². The van der Waals surface area contributed by atoms with E-state index in [0.717, 1.165) is 18.4 Å². The number of aliphatic hydroxyl groups is 1. The Hall–Kier alpha value is -1.17. The van der Waals surface area contributed by atoms with Gasteiger partial charge in [0.2, 0.25) is 0 Å². The predicted octanol–water partition coefficient (Wildman–Crippen LogP) is 3.10. The Morgan fingerprint density at radius 2 is 2.09 bits per heavy atom. The Kier molecular flexibility index (Phi) is 7.26. The summed E-state index contributed by atoms with van der Waals surface area (Å²) in [6.45, 7) is 11.3. The van der Waals surface area contributed by atoms with Crippen LogP contribution in [0.2, 0.25) is 0 Å². The maximum atomic E-state index is 11.2. The Morgan fingerprint density at radius 1 is 1.45 bits per heavy atom. The van der Waals surface area contributed by atoms with Gasteiger partial charge in [-0.3, -0.25) is 10.1 Å². The van der Waals surface area contributed by atoms with E-state index in [1.54, 1.807) is 0 Å². The SMILES string of the molecule is C=C1C[C@@H](OC(C)=O)/C=C(\C)CC[C@@H](C(C)C)[C@@H](O)[C@@H]1OO. The molecule has 2 N–H and O–H groups in total. The van der Waals surface area contributed by atoms with Gasteiger partial charge in [0.15, 0.2) is 0 Å². The van der Waals surface area contributed by atoms with Crippen molar-refractivity contribution in [3.8, 4) is 0 Å². The fourth-order valence-corrected chi connectivity index (χ4v) is 3.02. The van der Waals surface area contributed by atoms with Crippen LogP contribution in [-0.2, 0) is 14.4 Å². The third kappa shape index (κ3) is 5.23. The molecule has 0 fully saturated rings. The van der Waals surface area contributed by atoms with Crippen LogP contribution >= 0.6 is 0 Å². The lowest BCUT2D eigenvalue weighted by Gasteiger charge is -2.33. The average molecular weight is 312 g/mol. The first kappa shape index (κ1) is 18.9. The number of esters is 1. The van der Waals surface area contributed by atoms with Gasteiger partial charge in [-0.1, -0.05) is 26.0 Å². The van der Waals surface area contributed by atoms with Crippen LogP contribution in [0.15, 0.2) is 23.8 Å². The highest BCUT2D eigenvalue weighted by Crippen LogP contribution is 2.31. The van der Waals surface area contributed by atoms with E-state index in [-0.39, 0.29) is 17.8 Å².